The molecule has 0 bridgehead atoms. The lowest BCUT2D eigenvalue weighted by atomic mass is 10.0. The predicted octanol–water partition coefficient (Wildman–Crippen LogP) is 14.8. The molecule has 13 rings (SSSR count). The number of hydrogen-bond donors (Lipinski definition) is 0. The molecule has 5 heteroatoms. The summed E-state index contributed by atoms with van der Waals surface area (Å²) < 4.78 is 7.33. The van der Waals surface area contributed by atoms with Crippen LogP contribution < -0.4 is 0 Å². The monoisotopic (exact) mass is 803 g/mol. The van der Waals surface area contributed by atoms with Crippen molar-refractivity contribution >= 4 is 65.4 Å². The maximum Gasteiger partial charge on any atom is 0.160 e. The van der Waals surface area contributed by atoms with E-state index in [1.165, 1.54) is 38.0 Å². The van der Waals surface area contributed by atoms with Gasteiger partial charge in [-0.05, 0) is 66.7 Å². The van der Waals surface area contributed by atoms with E-state index in [9.17, 15) is 0 Å². The van der Waals surface area contributed by atoms with E-state index in [4.69, 9.17) is 9.97 Å². The lowest BCUT2D eigenvalue weighted by Crippen LogP contribution is -2.02. The van der Waals surface area contributed by atoms with Crippen LogP contribution in [0, 0.1) is 0 Å². The van der Waals surface area contributed by atoms with Gasteiger partial charge in [0.25, 0.3) is 0 Å². The summed E-state index contributed by atoms with van der Waals surface area (Å²) in [4.78, 5) is 10.7. The minimum atomic E-state index is 0.682. The van der Waals surface area contributed by atoms with Crippen molar-refractivity contribution in [2.24, 2.45) is 0 Å². The Morgan fingerprint density at radius 1 is 0.302 bits per heavy atom. The first-order valence-electron chi connectivity index (χ1n) is 21.4. The predicted molar refractivity (Wildman–Crippen MR) is 261 cm³/mol. The normalized spacial score (nSPS) is 11.8. The van der Waals surface area contributed by atoms with Gasteiger partial charge in [-0.15, -0.1) is 0 Å². The highest BCUT2D eigenvalue weighted by atomic mass is 15.0. The molecule has 5 nitrogen and oxygen atoms in total. The highest BCUT2D eigenvalue weighted by molar-refractivity contribution is 6.26. The molecule has 294 valence electrons. The molecule has 0 atom stereocenters. The Bertz CT molecular complexity index is 3820. The van der Waals surface area contributed by atoms with Gasteiger partial charge in [-0.1, -0.05) is 158 Å². The average Bonchev–Trinajstić information content (AvgIpc) is 4.00. The maximum atomic E-state index is 5.48. The first-order valence-corrected chi connectivity index (χ1v) is 21.4. The van der Waals surface area contributed by atoms with Crippen molar-refractivity contribution in [1.29, 1.82) is 0 Å². The van der Waals surface area contributed by atoms with Gasteiger partial charge in [-0.3, -0.25) is 0 Å². The second-order valence-corrected chi connectivity index (χ2v) is 16.2. The topological polar surface area (TPSA) is 40.6 Å². The van der Waals surface area contributed by atoms with Crippen LogP contribution in [0.25, 0.3) is 116 Å². The van der Waals surface area contributed by atoms with Crippen LogP contribution in [0.5, 0.6) is 0 Å². The molecule has 0 unspecified atom stereocenters. The fourth-order valence-corrected chi connectivity index (χ4v) is 9.92. The largest absolute Gasteiger partial charge is 0.309 e. The van der Waals surface area contributed by atoms with Gasteiger partial charge in [0.05, 0.1) is 50.2 Å². The molecule has 13 aromatic rings. The standard InChI is InChI=1S/C58H37N5/c1-5-19-38(20-6-1)48-36-49(60-58(59-48)39-21-7-2-8-22-39)47-35-46-43-28-14-16-30-50(43)61(40-23-9-3-10-24-40)54(46)37-55(47)63-52-32-18-15-29-45(52)56-53(63)34-33-44-42-27-13-17-31-51(42)62(57(44)56)41-25-11-4-12-26-41/h1-37H. The average molecular weight is 804 g/mol. The van der Waals surface area contributed by atoms with Crippen molar-refractivity contribution in [3.05, 3.63) is 224 Å². The second kappa shape index (κ2) is 14.0. The van der Waals surface area contributed by atoms with Gasteiger partial charge in [0.1, 0.15) is 0 Å². The molecule has 0 aliphatic carbocycles. The van der Waals surface area contributed by atoms with E-state index >= 15 is 0 Å². The number of fused-ring (bicyclic) bond motifs is 10. The van der Waals surface area contributed by atoms with Gasteiger partial charge in [0, 0.05) is 60.4 Å². The maximum absolute atomic E-state index is 5.48. The molecular weight excluding hydrogens is 767 g/mol. The second-order valence-electron chi connectivity index (χ2n) is 16.2. The van der Waals surface area contributed by atoms with E-state index in [2.05, 4.69) is 232 Å². The Morgan fingerprint density at radius 2 is 0.810 bits per heavy atom. The van der Waals surface area contributed by atoms with Gasteiger partial charge in [0.15, 0.2) is 5.82 Å². The molecule has 63 heavy (non-hydrogen) atoms. The molecule has 4 heterocycles. The van der Waals surface area contributed by atoms with Crippen molar-refractivity contribution in [3.63, 3.8) is 0 Å². The fourth-order valence-electron chi connectivity index (χ4n) is 9.92. The molecular formula is C58H37N5. The molecule has 9 aromatic carbocycles. The summed E-state index contributed by atoms with van der Waals surface area (Å²) in [6.45, 7) is 0. The Labute approximate surface area is 363 Å². The van der Waals surface area contributed by atoms with Gasteiger partial charge >= 0.3 is 0 Å². The Balaban J connectivity index is 1.21. The van der Waals surface area contributed by atoms with Crippen molar-refractivity contribution in [2.45, 2.75) is 0 Å². The molecule has 0 saturated heterocycles. The van der Waals surface area contributed by atoms with E-state index in [0.717, 1.165) is 72.6 Å². The molecule has 0 saturated carbocycles. The molecule has 0 aliphatic rings. The third kappa shape index (κ3) is 5.43. The number of nitrogens with zero attached hydrogens (tertiary/aromatic N) is 5. The number of rotatable bonds is 6. The van der Waals surface area contributed by atoms with Crippen LogP contribution in [-0.4, -0.2) is 23.7 Å². The number of hydrogen-bond acceptors (Lipinski definition) is 2. The van der Waals surface area contributed by atoms with E-state index in [1.807, 2.05) is 6.07 Å². The van der Waals surface area contributed by atoms with Crippen molar-refractivity contribution in [2.75, 3.05) is 0 Å². The highest BCUT2D eigenvalue weighted by Crippen LogP contribution is 2.45. The molecule has 0 spiro atoms. The van der Waals surface area contributed by atoms with Gasteiger partial charge in [-0.2, -0.15) is 0 Å². The minimum absolute atomic E-state index is 0.682. The SMILES string of the molecule is c1ccc(-c2cc(-c3cc4c5ccccc5n(-c5ccccc5)c4cc3-n3c4ccccc4c4c3ccc3c5ccccc5n(-c5ccccc5)c34)nc(-c3ccccc3)n2)cc1. The number of para-hydroxylation sites is 5. The lowest BCUT2D eigenvalue weighted by molar-refractivity contribution is 1.14. The van der Waals surface area contributed by atoms with Crippen LogP contribution in [0.1, 0.15) is 0 Å². The quantitative estimate of drug-likeness (QED) is 0.168. The molecule has 0 fully saturated rings. The van der Waals surface area contributed by atoms with Crippen LogP contribution >= 0.6 is 0 Å². The molecule has 0 amide bonds. The summed E-state index contributed by atoms with van der Waals surface area (Å²) in [5.74, 6) is 0.682. The Hall–Kier alpha value is -8.54. The van der Waals surface area contributed by atoms with Crippen molar-refractivity contribution in [3.8, 4) is 51.0 Å². The van der Waals surface area contributed by atoms with Gasteiger partial charge < -0.3 is 13.7 Å². The summed E-state index contributed by atoms with van der Waals surface area (Å²) in [5, 5.41) is 7.18. The Morgan fingerprint density at radius 3 is 1.48 bits per heavy atom. The van der Waals surface area contributed by atoms with Crippen molar-refractivity contribution in [1.82, 2.24) is 23.7 Å². The van der Waals surface area contributed by atoms with Crippen molar-refractivity contribution < 1.29 is 0 Å². The summed E-state index contributed by atoms with van der Waals surface area (Å²) >= 11 is 0. The van der Waals surface area contributed by atoms with Gasteiger partial charge in [-0.25, -0.2) is 9.97 Å². The summed E-state index contributed by atoms with van der Waals surface area (Å²) in [6.07, 6.45) is 0. The van der Waals surface area contributed by atoms with Crippen LogP contribution in [0.2, 0.25) is 0 Å². The summed E-state index contributed by atoms with van der Waals surface area (Å²) in [7, 11) is 0. The summed E-state index contributed by atoms with van der Waals surface area (Å²) in [6, 6.07) is 80.2. The number of benzene rings is 9. The number of aromatic nitrogens is 5. The first-order chi connectivity index (χ1) is 31.3. The molecule has 0 radical (unpaired) electrons. The van der Waals surface area contributed by atoms with E-state index < -0.39 is 0 Å². The zero-order chi connectivity index (χ0) is 41.4. The highest BCUT2D eigenvalue weighted by Gasteiger charge is 2.25. The lowest BCUT2D eigenvalue weighted by Gasteiger charge is -2.17. The first kappa shape index (κ1) is 35.2. The zero-order valence-electron chi connectivity index (χ0n) is 34.1. The van der Waals surface area contributed by atoms with E-state index in [0.29, 0.717) is 5.82 Å². The summed E-state index contributed by atoms with van der Waals surface area (Å²) in [5.41, 5.74) is 14.9. The van der Waals surface area contributed by atoms with Crippen LogP contribution in [0.15, 0.2) is 224 Å². The Kier molecular flexibility index (Phi) is 7.84. The third-order valence-electron chi connectivity index (χ3n) is 12.6. The molecule has 0 N–H and O–H groups in total. The van der Waals surface area contributed by atoms with E-state index in [-0.39, 0.29) is 0 Å². The third-order valence-corrected chi connectivity index (χ3v) is 12.6. The van der Waals surface area contributed by atoms with Crippen LogP contribution in [0.4, 0.5) is 0 Å². The van der Waals surface area contributed by atoms with Crippen LogP contribution in [0.3, 0.4) is 0 Å². The fraction of sp³-hybridized carbons (Fsp3) is 0. The van der Waals surface area contributed by atoms with Gasteiger partial charge in [0.2, 0.25) is 0 Å². The molecule has 4 aromatic heterocycles. The molecule has 0 aliphatic heterocycles. The van der Waals surface area contributed by atoms with Crippen LogP contribution in [-0.2, 0) is 0 Å². The minimum Gasteiger partial charge on any atom is -0.309 e. The van der Waals surface area contributed by atoms with E-state index in [1.54, 1.807) is 0 Å². The zero-order valence-corrected chi connectivity index (χ0v) is 34.1. The smallest absolute Gasteiger partial charge is 0.160 e.